The average Bonchev–Trinajstić information content (AvgIpc) is 3.13. The van der Waals surface area contributed by atoms with Gasteiger partial charge in [-0.1, -0.05) is 35.0 Å². The van der Waals surface area contributed by atoms with Crippen molar-refractivity contribution in [2.24, 2.45) is 11.1 Å². The van der Waals surface area contributed by atoms with Gasteiger partial charge < -0.3 is 14.8 Å². The fourth-order valence-electron chi connectivity index (χ4n) is 4.38. The SMILES string of the molecule is Cc1ccc(C2=NO[C@H](C[C@@H]3C(=O)N4[C@@H](C(=O)O)C(C)(C)S(=O)(=O)[C@H]34)C2)cc1.[Na]. The fraction of sp³-hybridized carbons (Fsp3) is 0.526. The van der Waals surface area contributed by atoms with Crippen LogP contribution in [0.3, 0.4) is 0 Å². The molecule has 2 saturated heterocycles. The summed E-state index contributed by atoms with van der Waals surface area (Å²) in [5.41, 5.74) is 2.81. The minimum Gasteiger partial charge on any atom is -0.480 e. The molecule has 0 aromatic heterocycles. The van der Waals surface area contributed by atoms with E-state index in [1.54, 1.807) is 0 Å². The Morgan fingerprint density at radius 3 is 2.52 bits per heavy atom. The van der Waals surface area contributed by atoms with E-state index in [-0.39, 0.29) is 36.0 Å². The minimum absolute atomic E-state index is 0. The van der Waals surface area contributed by atoms with Crippen LogP contribution in [0.25, 0.3) is 0 Å². The number of hydrogen-bond donors (Lipinski definition) is 1. The number of nitrogens with zero attached hydrogens (tertiary/aromatic N) is 2. The van der Waals surface area contributed by atoms with Gasteiger partial charge in [0.2, 0.25) is 5.91 Å². The number of oxime groups is 1. The van der Waals surface area contributed by atoms with Crippen molar-refractivity contribution in [2.75, 3.05) is 0 Å². The molecule has 29 heavy (non-hydrogen) atoms. The van der Waals surface area contributed by atoms with Gasteiger partial charge in [0.25, 0.3) is 0 Å². The van der Waals surface area contributed by atoms with Gasteiger partial charge >= 0.3 is 5.97 Å². The second-order valence-corrected chi connectivity index (χ2v) is 10.8. The van der Waals surface area contributed by atoms with Gasteiger partial charge in [0.05, 0.1) is 16.4 Å². The minimum atomic E-state index is -3.82. The maximum atomic E-state index is 12.9. The van der Waals surface area contributed by atoms with Gasteiger partial charge in [-0.15, -0.1) is 0 Å². The van der Waals surface area contributed by atoms with E-state index in [1.165, 1.54) is 13.8 Å². The monoisotopic (exact) mass is 429 g/mol. The predicted octanol–water partition coefficient (Wildman–Crippen LogP) is 0.942. The fourth-order valence-corrected chi connectivity index (χ4v) is 6.71. The number of sulfone groups is 1. The van der Waals surface area contributed by atoms with Gasteiger partial charge in [-0.3, -0.25) is 4.79 Å². The van der Waals surface area contributed by atoms with Crippen LogP contribution in [0, 0.1) is 12.8 Å². The van der Waals surface area contributed by atoms with E-state index in [9.17, 15) is 23.1 Å². The van der Waals surface area contributed by atoms with E-state index in [0.717, 1.165) is 21.7 Å². The second kappa shape index (κ2) is 7.37. The quantitative estimate of drug-likeness (QED) is 0.563. The van der Waals surface area contributed by atoms with E-state index in [4.69, 9.17) is 4.84 Å². The molecule has 0 aliphatic carbocycles. The van der Waals surface area contributed by atoms with Crippen LogP contribution in [0.1, 0.15) is 37.8 Å². The molecular formula is C19H22N2NaO6S. The normalized spacial score (nSPS) is 31.2. The summed E-state index contributed by atoms with van der Waals surface area (Å²) < 4.78 is 24.3. The van der Waals surface area contributed by atoms with E-state index >= 15 is 0 Å². The van der Waals surface area contributed by atoms with Gasteiger partial charge in [0.1, 0.15) is 17.5 Å². The topological polar surface area (TPSA) is 113 Å². The Bertz CT molecular complexity index is 988. The Labute approximate surface area is 191 Å². The summed E-state index contributed by atoms with van der Waals surface area (Å²) in [6.45, 7) is 4.73. The molecule has 0 saturated carbocycles. The molecule has 8 nitrogen and oxygen atoms in total. The second-order valence-electron chi connectivity index (χ2n) is 8.20. The Kier molecular flexibility index (Phi) is 5.66. The molecule has 1 aromatic rings. The molecule has 0 spiro atoms. The number of β-lactam (4-membered cyclic amide) rings is 1. The van der Waals surface area contributed by atoms with Crippen molar-refractivity contribution in [3.63, 3.8) is 0 Å². The maximum absolute atomic E-state index is 12.9. The Morgan fingerprint density at radius 1 is 1.31 bits per heavy atom. The molecule has 2 fully saturated rings. The number of carboxylic acid groups (broad SMARTS) is 1. The number of rotatable bonds is 4. The van der Waals surface area contributed by atoms with Crippen LogP contribution >= 0.6 is 0 Å². The molecule has 4 atom stereocenters. The summed E-state index contributed by atoms with van der Waals surface area (Å²) in [6.07, 6.45) is 0.265. The number of benzene rings is 1. The van der Waals surface area contributed by atoms with E-state index in [2.05, 4.69) is 5.16 Å². The zero-order valence-electron chi connectivity index (χ0n) is 16.8. The number of carboxylic acids is 1. The number of fused-ring (bicyclic) bond motifs is 1. The van der Waals surface area contributed by atoms with Gasteiger partial charge in [0.15, 0.2) is 9.84 Å². The Hall–Kier alpha value is -1.42. The molecule has 0 unspecified atom stereocenters. The third-order valence-corrected chi connectivity index (χ3v) is 8.93. The molecular weight excluding hydrogens is 407 g/mol. The van der Waals surface area contributed by atoms with E-state index in [1.807, 2.05) is 31.2 Å². The number of carbonyl (C=O) groups excluding carboxylic acids is 1. The third-order valence-electron chi connectivity index (χ3n) is 6.05. The van der Waals surface area contributed by atoms with Gasteiger partial charge in [0, 0.05) is 42.4 Å². The largest absolute Gasteiger partial charge is 0.480 e. The van der Waals surface area contributed by atoms with E-state index < -0.39 is 49.9 Å². The van der Waals surface area contributed by atoms with Crippen molar-refractivity contribution in [3.8, 4) is 0 Å². The molecule has 151 valence electrons. The number of amides is 1. The number of aliphatic carboxylic acids is 1. The number of carbonyl (C=O) groups is 2. The van der Waals surface area contributed by atoms with Crippen LogP contribution in [0.4, 0.5) is 0 Å². The molecule has 4 rings (SSSR count). The van der Waals surface area contributed by atoms with Gasteiger partial charge in [-0.2, -0.15) is 0 Å². The van der Waals surface area contributed by atoms with Crippen LogP contribution in [0.5, 0.6) is 0 Å². The molecule has 3 aliphatic heterocycles. The summed E-state index contributed by atoms with van der Waals surface area (Å²) in [6, 6.07) is 6.46. The standard InChI is InChI=1S/C19H22N2O6S.Na/c1-10-4-6-11(7-5-10)14-9-12(27-20-14)8-13-16(22)21-15(18(23)24)19(2,3)28(25,26)17(13)21;/h4-7,12-13,15,17H,8-9H2,1-3H3,(H,23,24);/t12-,13-,15+,17-;/m1./s1. The number of hydrogen-bond acceptors (Lipinski definition) is 6. The molecule has 0 bridgehead atoms. The van der Waals surface area contributed by atoms with Crippen molar-refractivity contribution in [1.82, 2.24) is 4.90 Å². The van der Waals surface area contributed by atoms with Crippen LogP contribution < -0.4 is 0 Å². The summed E-state index contributed by atoms with van der Waals surface area (Å²) in [4.78, 5) is 30.7. The smallest absolute Gasteiger partial charge is 0.328 e. The number of aryl methyl sites for hydroxylation is 1. The Balaban J connectivity index is 0.00000240. The summed E-state index contributed by atoms with van der Waals surface area (Å²) in [5, 5.41) is 12.5. The molecule has 3 heterocycles. The molecule has 10 heteroatoms. The molecule has 1 N–H and O–H groups in total. The van der Waals surface area contributed by atoms with E-state index in [0.29, 0.717) is 6.42 Å². The molecule has 3 aliphatic rings. The first-order valence-electron chi connectivity index (χ1n) is 9.14. The zero-order chi connectivity index (χ0) is 20.4. The van der Waals surface area contributed by atoms with Crippen molar-refractivity contribution in [1.29, 1.82) is 0 Å². The van der Waals surface area contributed by atoms with Crippen molar-refractivity contribution in [2.45, 2.75) is 55.9 Å². The van der Waals surface area contributed by atoms with Crippen LogP contribution in [0.2, 0.25) is 0 Å². The van der Waals surface area contributed by atoms with Crippen LogP contribution in [-0.4, -0.2) is 87.8 Å². The molecule has 1 radical (unpaired) electrons. The first-order chi connectivity index (χ1) is 13.1. The van der Waals surface area contributed by atoms with Crippen molar-refractivity contribution < 1.29 is 28.0 Å². The maximum Gasteiger partial charge on any atom is 0.328 e. The van der Waals surface area contributed by atoms with Crippen LogP contribution in [-0.2, 0) is 24.3 Å². The van der Waals surface area contributed by atoms with Gasteiger partial charge in [-0.25, -0.2) is 13.2 Å². The van der Waals surface area contributed by atoms with Crippen molar-refractivity contribution >= 4 is 57.0 Å². The first kappa shape index (κ1) is 22.3. The zero-order valence-corrected chi connectivity index (χ0v) is 19.6. The summed E-state index contributed by atoms with van der Waals surface area (Å²) >= 11 is 0. The Morgan fingerprint density at radius 2 is 1.93 bits per heavy atom. The third kappa shape index (κ3) is 3.22. The predicted molar refractivity (Wildman–Crippen MR) is 106 cm³/mol. The summed E-state index contributed by atoms with van der Waals surface area (Å²) in [5.74, 6) is -2.55. The molecule has 1 aromatic carbocycles. The van der Waals surface area contributed by atoms with Gasteiger partial charge in [-0.05, 0) is 26.3 Å². The molecule has 1 amide bonds. The van der Waals surface area contributed by atoms with Crippen molar-refractivity contribution in [3.05, 3.63) is 35.4 Å². The first-order valence-corrected chi connectivity index (χ1v) is 10.7. The average molecular weight is 429 g/mol. The summed E-state index contributed by atoms with van der Waals surface area (Å²) in [7, 11) is -3.82. The van der Waals surface area contributed by atoms with Crippen LogP contribution in [0.15, 0.2) is 29.4 Å².